The second kappa shape index (κ2) is 5.94. The number of piperidine rings is 1. The lowest BCUT2D eigenvalue weighted by atomic mass is 9.84. The summed E-state index contributed by atoms with van der Waals surface area (Å²) in [6, 6.07) is 0.686. The molecular formula is C17H33N3. The molecule has 1 heterocycles. The van der Waals surface area contributed by atoms with Crippen LogP contribution in [0.25, 0.3) is 0 Å². The van der Waals surface area contributed by atoms with E-state index in [1.807, 2.05) is 0 Å². The zero-order valence-electron chi connectivity index (χ0n) is 13.5. The van der Waals surface area contributed by atoms with Gasteiger partial charge in [0.05, 0.1) is 0 Å². The molecule has 2 saturated carbocycles. The molecule has 0 aromatic rings. The monoisotopic (exact) mass is 279 g/mol. The maximum atomic E-state index is 6.29. The van der Waals surface area contributed by atoms with Crippen LogP contribution in [0.2, 0.25) is 0 Å². The fourth-order valence-electron chi connectivity index (χ4n) is 3.79. The van der Waals surface area contributed by atoms with Crippen molar-refractivity contribution in [2.24, 2.45) is 17.6 Å². The molecule has 0 aromatic carbocycles. The minimum atomic E-state index is 0.316. The average molecular weight is 279 g/mol. The molecule has 1 aliphatic heterocycles. The van der Waals surface area contributed by atoms with Crippen LogP contribution in [0.4, 0.5) is 0 Å². The molecule has 0 atom stereocenters. The zero-order chi connectivity index (χ0) is 14.2. The van der Waals surface area contributed by atoms with Crippen molar-refractivity contribution in [3.8, 4) is 0 Å². The largest absolute Gasteiger partial charge is 0.329 e. The van der Waals surface area contributed by atoms with Gasteiger partial charge in [0, 0.05) is 44.3 Å². The van der Waals surface area contributed by atoms with Crippen LogP contribution in [0, 0.1) is 11.8 Å². The minimum absolute atomic E-state index is 0.316. The van der Waals surface area contributed by atoms with Crippen LogP contribution in [-0.4, -0.2) is 54.1 Å². The van der Waals surface area contributed by atoms with E-state index < -0.39 is 0 Å². The second-order valence-electron chi connectivity index (χ2n) is 7.85. The summed E-state index contributed by atoms with van der Waals surface area (Å²) in [5.41, 5.74) is 6.61. The Labute approximate surface area is 124 Å². The first kappa shape index (κ1) is 14.8. The topological polar surface area (TPSA) is 32.5 Å². The number of likely N-dealkylation sites (tertiary alicyclic amines) is 1. The van der Waals surface area contributed by atoms with Gasteiger partial charge in [0.25, 0.3) is 0 Å². The van der Waals surface area contributed by atoms with E-state index in [1.165, 1.54) is 64.7 Å². The Balaban J connectivity index is 1.64. The molecule has 3 heteroatoms. The van der Waals surface area contributed by atoms with Crippen LogP contribution < -0.4 is 5.73 Å². The van der Waals surface area contributed by atoms with Crippen molar-refractivity contribution in [3.05, 3.63) is 0 Å². The first-order valence-electron chi connectivity index (χ1n) is 8.82. The van der Waals surface area contributed by atoms with Crippen LogP contribution in [0.15, 0.2) is 0 Å². The molecule has 3 rings (SSSR count). The number of nitrogens with two attached hydrogens (primary N) is 1. The summed E-state index contributed by atoms with van der Waals surface area (Å²) in [7, 11) is 0. The molecule has 0 bridgehead atoms. The van der Waals surface area contributed by atoms with Crippen molar-refractivity contribution in [1.82, 2.24) is 9.80 Å². The van der Waals surface area contributed by atoms with E-state index in [9.17, 15) is 0 Å². The average Bonchev–Trinajstić information content (AvgIpc) is 3.33. The van der Waals surface area contributed by atoms with E-state index in [2.05, 4.69) is 23.6 Å². The Bertz CT molecular complexity index is 298. The molecule has 0 aromatic heterocycles. The normalized spacial score (nSPS) is 27.4. The Morgan fingerprint density at radius 2 is 1.55 bits per heavy atom. The third kappa shape index (κ3) is 3.37. The van der Waals surface area contributed by atoms with Gasteiger partial charge < -0.3 is 10.6 Å². The SMILES string of the molecule is CC(C)N1CCC(CN)(N(CC2CC2)CC2CC2)CC1. The highest BCUT2D eigenvalue weighted by Crippen LogP contribution is 2.39. The van der Waals surface area contributed by atoms with E-state index in [-0.39, 0.29) is 0 Å². The summed E-state index contributed by atoms with van der Waals surface area (Å²) in [6.07, 6.45) is 8.39. The molecule has 3 fully saturated rings. The van der Waals surface area contributed by atoms with Crippen molar-refractivity contribution in [2.75, 3.05) is 32.7 Å². The lowest BCUT2D eigenvalue weighted by Gasteiger charge is -2.49. The predicted octanol–water partition coefficient (Wildman–Crippen LogP) is 2.31. The van der Waals surface area contributed by atoms with E-state index in [0.29, 0.717) is 11.6 Å². The van der Waals surface area contributed by atoms with E-state index in [0.717, 1.165) is 18.4 Å². The lowest BCUT2D eigenvalue weighted by molar-refractivity contribution is 0.0118. The third-order valence-corrected chi connectivity index (χ3v) is 5.86. The van der Waals surface area contributed by atoms with Crippen LogP contribution in [0.3, 0.4) is 0 Å². The lowest BCUT2D eigenvalue weighted by Crippen LogP contribution is -2.61. The molecule has 2 aliphatic carbocycles. The van der Waals surface area contributed by atoms with Gasteiger partial charge in [0.2, 0.25) is 0 Å². The molecule has 2 N–H and O–H groups in total. The highest BCUT2D eigenvalue weighted by molar-refractivity contribution is 4.99. The fourth-order valence-corrected chi connectivity index (χ4v) is 3.79. The van der Waals surface area contributed by atoms with E-state index in [1.54, 1.807) is 0 Å². The van der Waals surface area contributed by atoms with Crippen LogP contribution in [0.5, 0.6) is 0 Å². The smallest absolute Gasteiger partial charge is 0.0356 e. The summed E-state index contributed by atoms with van der Waals surface area (Å²) < 4.78 is 0. The van der Waals surface area contributed by atoms with E-state index >= 15 is 0 Å². The van der Waals surface area contributed by atoms with Crippen molar-refractivity contribution in [2.45, 2.75) is 64.0 Å². The summed E-state index contributed by atoms with van der Waals surface area (Å²) in [4.78, 5) is 5.46. The molecule has 3 nitrogen and oxygen atoms in total. The quantitative estimate of drug-likeness (QED) is 0.776. The number of nitrogens with zero attached hydrogens (tertiary/aromatic N) is 2. The van der Waals surface area contributed by atoms with Gasteiger partial charge in [-0.05, 0) is 64.2 Å². The van der Waals surface area contributed by atoms with Crippen molar-refractivity contribution >= 4 is 0 Å². The number of hydrogen-bond acceptors (Lipinski definition) is 3. The van der Waals surface area contributed by atoms with Gasteiger partial charge in [0.1, 0.15) is 0 Å². The minimum Gasteiger partial charge on any atom is -0.329 e. The first-order valence-corrected chi connectivity index (χ1v) is 8.82. The fraction of sp³-hybridized carbons (Fsp3) is 1.00. The van der Waals surface area contributed by atoms with Gasteiger partial charge in [-0.15, -0.1) is 0 Å². The van der Waals surface area contributed by atoms with Crippen molar-refractivity contribution in [3.63, 3.8) is 0 Å². The summed E-state index contributed by atoms with van der Waals surface area (Å²) >= 11 is 0. The van der Waals surface area contributed by atoms with Crippen molar-refractivity contribution < 1.29 is 0 Å². The zero-order valence-corrected chi connectivity index (χ0v) is 13.5. The van der Waals surface area contributed by atoms with Gasteiger partial charge in [-0.2, -0.15) is 0 Å². The molecule has 116 valence electrons. The van der Waals surface area contributed by atoms with Crippen molar-refractivity contribution in [1.29, 1.82) is 0 Å². The highest BCUT2D eigenvalue weighted by Gasteiger charge is 2.42. The van der Waals surface area contributed by atoms with E-state index in [4.69, 9.17) is 5.73 Å². The Hall–Kier alpha value is -0.120. The van der Waals surface area contributed by atoms with Crippen LogP contribution in [0.1, 0.15) is 52.4 Å². The predicted molar refractivity (Wildman–Crippen MR) is 84.7 cm³/mol. The maximum Gasteiger partial charge on any atom is 0.0356 e. The standard InChI is InChI=1S/C17H33N3/c1-14(2)19-9-7-17(13-18,8-10-19)20(11-15-3-4-15)12-16-5-6-16/h14-16H,3-13,18H2,1-2H3. The summed E-state index contributed by atoms with van der Waals surface area (Å²) in [5.74, 6) is 1.97. The molecular weight excluding hydrogens is 246 g/mol. The highest BCUT2D eigenvalue weighted by atomic mass is 15.3. The molecule has 1 saturated heterocycles. The molecule has 20 heavy (non-hydrogen) atoms. The van der Waals surface area contributed by atoms with Gasteiger partial charge in [-0.25, -0.2) is 0 Å². The Morgan fingerprint density at radius 3 is 1.90 bits per heavy atom. The summed E-state index contributed by atoms with van der Waals surface area (Å²) in [5, 5.41) is 0. The van der Waals surface area contributed by atoms with Gasteiger partial charge >= 0.3 is 0 Å². The maximum absolute atomic E-state index is 6.29. The molecule has 0 unspecified atom stereocenters. The number of hydrogen-bond donors (Lipinski definition) is 1. The van der Waals surface area contributed by atoms with Gasteiger partial charge in [-0.1, -0.05) is 0 Å². The third-order valence-electron chi connectivity index (χ3n) is 5.86. The molecule has 0 spiro atoms. The molecule has 0 amide bonds. The molecule has 3 aliphatic rings. The van der Waals surface area contributed by atoms with Crippen LogP contribution >= 0.6 is 0 Å². The molecule has 0 radical (unpaired) electrons. The summed E-state index contributed by atoms with van der Waals surface area (Å²) in [6.45, 7) is 10.6. The Kier molecular flexibility index (Phi) is 4.40. The first-order chi connectivity index (χ1) is 9.63. The van der Waals surface area contributed by atoms with Gasteiger partial charge in [-0.3, -0.25) is 4.90 Å². The van der Waals surface area contributed by atoms with Crippen LogP contribution in [-0.2, 0) is 0 Å². The second-order valence-corrected chi connectivity index (χ2v) is 7.85. The Morgan fingerprint density at radius 1 is 1.05 bits per heavy atom. The van der Waals surface area contributed by atoms with Gasteiger partial charge in [0.15, 0.2) is 0 Å². The number of rotatable bonds is 7.